The second-order valence-corrected chi connectivity index (χ2v) is 7.25. The van der Waals surface area contributed by atoms with Crippen LogP contribution in [-0.4, -0.2) is 9.97 Å². The van der Waals surface area contributed by atoms with Crippen molar-refractivity contribution in [1.82, 2.24) is 9.97 Å². The number of benzene rings is 3. The maximum absolute atomic E-state index is 7.82. The Morgan fingerprint density at radius 1 is 0.758 bits per heavy atom. The maximum atomic E-state index is 7.82. The van der Waals surface area contributed by atoms with Gasteiger partial charge in [0, 0.05) is 42.2 Å². The average molecular weight is 608 g/mol. The van der Waals surface area contributed by atoms with Gasteiger partial charge in [-0.2, -0.15) is 0 Å². The second-order valence-electron chi connectivity index (χ2n) is 7.25. The van der Waals surface area contributed by atoms with Crippen molar-refractivity contribution in [3.63, 3.8) is 0 Å². The van der Waals surface area contributed by atoms with Gasteiger partial charge in [0.1, 0.15) is 0 Å². The van der Waals surface area contributed by atoms with Crippen molar-refractivity contribution in [1.29, 1.82) is 0 Å². The predicted molar refractivity (Wildman–Crippen MR) is 132 cm³/mol. The first-order valence-corrected chi connectivity index (χ1v) is 10.3. The van der Waals surface area contributed by atoms with Crippen molar-refractivity contribution in [2.24, 2.45) is 0 Å². The van der Waals surface area contributed by atoms with Crippen molar-refractivity contribution in [2.75, 3.05) is 0 Å². The second kappa shape index (κ2) is 12.0. The molecule has 0 amide bonds. The normalized spacial score (nSPS) is 11.6. The van der Waals surface area contributed by atoms with Crippen molar-refractivity contribution in [2.45, 2.75) is 13.8 Å². The van der Waals surface area contributed by atoms with Crippen molar-refractivity contribution < 1.29 is 24.2 Å². The molecule has 2 heterocycles. The summed E-state index contributed by atoms with van der Waals surface area (Å²) in [5.41, 5.74) is 6.44. The summed E-state index contributed by atoms with van der Waals surface area (Å²) in [7, 11) is 0. The zero-order valence-electron chi connectivity index (χ0n) is 21.1. The monoisotopic (exact) mass is 608 g/mol. The summed E-state index contributed by atoms with van der Waals surface area (Å²) in [4.78, 5) is 8.67. The summed E-state index contributed by atoms with van der Waals surface area (Å²) in [5.74, 6) is 0. The first-order chi connectivity index (χ1) is 16.9. The van der Waals surface area contributed by atoms with E-state index in [1.165, 1.54) is 5.56 Å². The molecule has 0 saturated carbocycles. The molecular formula is C30H24IrN2-2. The molecule has 0 unspecified atom stereocenters. The molecule has 0 bridgehead atoms. The van der Waals surface area contributed by atoms with Crippen molar-refractivity contribution in [3.8, 4) is 33.6 Å². The Kier molecular flexibility index (Phi) is 7.36. The van der Waals surface area contributed by atoms with Gasteiger partial charge in [0.2, 0.25) is 0 Å². The minimum Gasteiger partial charge on any atom is -0.305 e. The molecule has 165 valence electrons. The van der Waals surface area contributed by atoms with Crippen LogP contribution in [0.15, 0.2) is 109 Å². The summed E-state index contributed by atoms with van der Waals surface area (Å²) in [6, 6.07) is 36.7. The third-order valence-electron chi connectivity index (χ3n) is 4.88. The molecule has 0 spiro atoms. The molecule has 0 N–H and O–H groups in total. The van der Waals surface area contributed by atoms with Gasteiger partial charge in [-0.25, -0.2) is 0 Å². The van der Waals surface area contributed by atoms with Gasteiger partial charge in [-0.3, -0.25) is 0 Å². The van der Waals surface area contributed by atoms with Gasteiger partial charge in [0.15, 0.2) is 0 Å². The Morgan fingerprint density at radius 3 is 2.21 bits per heavy atom. The Bertz CT molecular complexity index is 1360. The number of hydrogen-bond donors (Lipinski definition) is 0. The van der Waals surface area contributed by atoms with Gasteiger partial charge in [-0.05, 0) is 35.4 Å². The molecule has 3 aromatic carbocycles. The Hall–Kier alpha value is -3.39. The van der Waals surface area contributed by atoms with Gasteiger partial charge < -0.3 is 9.97 Å². The first-order valence-electron chi connectivity index (χ1n) is 11.8. The van der Waals surface area contributed by atoms with Crippen LogP contribution < -0.4 is 0 Å². The maximum Gasteiger partial charge on any atom is 0.0280 e. The van der Waals surface area contributed by atoms with Crippen LogP contribution in [0.2, 0.25) is 0 Å². The quantitative estimate of drug-likeness (QED) is 0.200. The number of aromatic nitrogens is 2. The van der Waals surface area contributed by atoms with Crippen molar-refractivity contribution in [3.05, 3.63) is 133 Å². The molecular weight excluding hydrogens is 581 g/mol. The molecule has 0 aliphatic rings. The van der Waals surface area contributed by atoms with E-state index in [1.54, 1.807) is 24.5 Å². The SMILES string of the molecule is Cc1c[c-]c(-c2ccccn2)cc1.[2H]C([2H])([2H])c1cc(-c2[c-]cccc2)ncc1-c1ccccc1.[Ir]. The molecule has 0 saturated heterocycles. The van der Waals surface area contributed by atoms with Crippen LogP contribution in [0.4, 0.5) is 0 Å². The molecule has 0 aliphatic carbocycles. The summed E-state index contributed by atoms with van der Waals surface area (Å²) in [5, 5.41) is 0. The Labute approximate surface area is 214 Å². The largest absolute Gasteiger partial charge is 0.305 e. The molecule has 3 heteroatoms. The summed E-state index contributed by atoms with van der Waals surface area (Å²) in [6.45, 7) is -0.143. The predicted octanol–water partition coefficient (Wildman–Crippen LogP) is 7.38. The first kappa shape index (κ1) is 20.2. The summed E-state index contributed by atoms with van der Waals surface area (Å²) in [6.07, 6.45) is 3.43. The fourth-order valence-corrected chi connectivity index (χ4v) is 3.19. The molecule has 5 aromatic rings. The molecule has 1 radical (unpaired) electrons. The topological polar surface area (TPSA) is 25.8 Å². The van der Waals surface area contributed by atoms with Crippen LogP contribution in [0.3, 0.4) is 0 Å². The van der Waals surface area contributed by atoms with E-state index < -0.39 is 6.85 Å². The average Bonchev–Trinajstić information content (AvgIpc) is 2.90. The van der Waals surface area contributed by atoms with Crippen LogP contribution in [0.25, 0.3) is 33.6 Å². The van der Waals surface area contributed by atoms with Crippen LogP contribution in [-0.2, 0) is 20.1 Å². The zero-order valence-corrected chi connectivity index (χ0v) is 20.5. The summed E-state index contributed by atoms with van der Waals surface area (Å²) < 4.78 is 23.5. The van der Waals surface area contributed by atoms with Crippen LogP contribution in [0.1, 0.15) is 15.2 Å². The van der Waals surface area contributed by atoms with Crippen LogP contribution in [0.5, 0.6) is 0 Å². The van der Waals surface area contributed by atoms with E-state index in [-0.39, 0.29) is 20.1 Å². The Balaban J connectivity index is 0.000000221. The number of rotatable bonds is 3. The minimum absolute atomic E-state index is 0. The van der Waals surface area contributed by atoms with Crippen molar-refractivity contribution >= 4 is 0 Å². The zero-order chi connectivity index (χ0) is 24.7. The van der Waals surface area contributed by atoms with E-state index in [2.05, 4.69) is 35.1 Å². The van der Waals surface area contributed by atoms with E-state index in [1.807, 2.05) is 78.9 Å². The van der Waals surface area contributed by atoms with Crippen LogP contribution in [0, 0.1) is 25.9 Å². The van der Waals surface area contributed by atoms with Gasteiger partial charge in [-0.15, -0.1) is 71.3 Å². The molecule has 0 aliphatic heterocycles. The van der Waals surface area contributed by atoms with Crippen LogP contribution >= 0.6 is 0 Å². The number of aryl methyl sites for hydroxylation is 2. The number of hydrogen-bond acceptors (Lipinski definition) is 2. The minimum atomic E-state index is -2.20. The van der Waals surface area contributed by atoms with Gasteiger partial charge in [0.25, 0.3) is 0 Å². The van der Waals surface area contributed by atoms with Gasteiger partial charge >= 0.3 is 0 Å². The van der Waals surface area contributed by atoms with E-state index >= 15 is 0 Å². The molecule has 2 nitrogen and oxygen atoms in total. The van der Waals surface area contributed by atoms with E-state index in [0.717, 1.165) is 22.4 Å². The van der Waals surface area contributed by atoms with E-state index in [4.69, 9.17) is 4.11 Å². The number of nitrogens with zero attached hydrogens (tertiary/aromatic N) is 2. The fourth-order valence-electron chi connectivity index (χ4n) is 3.19. The third-order valence-corrected chi connectivity index (χ3v) is 4.88. The van der Waals surface area contributed by atoms with Gasteiger partial charge in [0.05, 0.1) is 0 Å². The third kappa shape index (κ3) is 6.55. The molecule has 5 rings (SSSR count). The molecule has 0 fully saturated rings. The van der Waals surface area contributed by atoms with E-state index in [0.29, 0.717) is 16.8 Å². The molecule has 2 aromatic heterocycles. The van der Waals surface area contributed by atoms with E-state index in [9.17, 15) is 0 Å². The molecule has 33 heavy (non-hydrogen) atoms. The smallest absolute Gasteiger partial charge is 0.0280 e. The summed E-state index contributed by atoms with van der Waals surface area (Å²) >= 11 is 0. The fraction of sp³-hybridized carbons (Fsp3) is 0.0667. The van der Waals surface area contributed by atoms with Gasteiger partial charge in [-0.1, -0.05) is 55.5 Å². The number of pyridine rings is 2. The Morgan fingerprint density at radius 2 is 1.55 bits per heavy atom. The molecule has 0 atom stereocenters. The standard InChI is InChI=1S/C18H14N.C12H10N.Ir/c1-14-12-18(16-10-6-3-7-11-16)19-13-17(14)15-8-4-2-5-9-15;1-10-5-7-11(8-6-10)12-4-2-3-9-13-12;/h2-10,12-13H,1H3;2-7,9H,1H3;/q2*-1;/i1D3;;.